The summed E-state index contributed by atoms with van der Waals surface area (Å²) in [6, 6.07) is 8.49. The van der Waals surface area contributed by atoms with Crippen LogP contribution in [0.5, 0.6) is 5.75 Å². The van der Waals surface area contributed by atoms with Gasteiger partial charge in [-0.05, 0) is 6.92 Å². The number of rotatable bonds is 4. The molecule has 3 nitrogen and oxygen atoms in total. The van der Waals surface area contributed by atoms with Crippen molar-refractivity contribution in [2.75, 3.05) is 6.61 Å². The molecule has 1 N–H and O–H groups in total. The van der Waals surface area contributed by atoms with Crippen LogP contribution in [-0.4, -0.2) is 17.7 Å². The Balaban J connectivity index is 0. The second-order valence-corrected chi connectivity index (χ2v) is 2.81. The van der Waals surface area contributed by atoms with Crippen LogP contribution in [0.1, 0.15) is 18.9 Å². The number of hydrogen-bond donors (Lipinski definition) is 1. The number of hydrogen-bond acceptors (Lipinski definition) is 3. The monoisotopic (exact) mass is 474 g/mol. The first-order valence-electron chi connectivity index (χ1n) is 4.49. The maximum absolute atomic E-state index is 11.0. The summed E-state index contributed by atoms with van der Waals surface area (Å²) in [4.78, 5) is 11.0. The molecule has 0 bridgehead atoms. The van der Waals surface area contributed by atoms with Crippen LogP contribution in [0.15, 0.2) is 12.1 Å². The number of carbonyl (C=O) groups excluding carboxylic acids is 1. The Morgan fingerprint density at radius 1 is 1.38 bits per heavy atom. The van der Waals surface area contributed by atoms with Crippen molar-refractivity contribution in [1.29, 1.82) is 0 Å². The molecule has 16 heavy (non-hydrogen) atoms. The van der Waals surface area contributed by atoms with E-state index in [0.717, 1.165) is 5.56 Å². The maximum atomic E-state index is 11.0. The van der Waals surface area contributed by atoms with Gasteiger partial charge in [0.1, 0.15) is 0 Å². The van der Waals surface area contributed by atoms with Gasteiger partial charge < -0.3 is 22.0 Å². The summed E-state index contributed by atoms with van der Waals surface area (Å²) in [5.74, 6) is -0.217. The SMILES string of the molecule is CCOC(=O)CCc1c[c-]c(O)[c-]c1.[Pr].[Pr]. The Morgan fingerprint density at radius 3 is 2.44 bits per heavy atom. The molecule has 1 aromatic rings. The molecule has 0 spiro atoms. The fourth-order valence-corrected chi connectivity index (χ4v) is 1.03. The molecule has 0 aliphatic heterocycles. The van der Waals surface area contributed by atoms with Gasteiger partial charge in [-0.3, -0.25) is 22.5 Å². The summed E-state index contributed by atoms with van der Waals surface area (Å²) in [6.07, 6.45) is 0.937. The third kappa shape index (κ3) is 8.33. The molecule has 0 unspecified atom stereocenters. The molecular formula is C11H12O3Pr2-2. The average molecular weight is 474 g/mol. The van der Waals surface area contributed by atoms with E-state index in [1.807, 2.05) is 0 Å². The van der Waals surface area contributed by atoms with Crippen LogP contribution in [-0.2, 0) is 16.0 Å². The van der Waals surface area contributed by atoms with Crippen molar-refractivity contribution in [1.82, 2.24) is 0 Å². The van der Waals surface area contributed by atoms with E-state index in [9.17, 15) is 4.79 Å². The molecule has 1 rings (SSSR count). The average Bonchev–Trinajstić information content (AvgIpc) is 2.17. The quantitative estimate of drug-likeness (QED) is 0.532. The van der Waals surface area contributed by atoms with E-state index in [0.29, 0.717) is 19.4 Å². The van der Waals surface area contributed by atoms with Crippen molar-refractivity contribution in [3.63, 3.8) is 0 Å². The summed E-state index contributed by atoms with van der Waals surface area (Å²) in [7, 11) is 0. The van der Waals surface area contributed by atoms with Gasteiger partial charge in [-0.15, -0.1) is 12.2 Å². The Morgan fingerprint density at radius 2 is 1.94 bits per heavy atom. The summed E-state index contributed by atoms with van der Waals surface area (Å²) < 4.78 is 4.78. The van der Waals surface area contributed by atoms with E-state index in [2.05, 4.69) is 12.1 Å². The Hall–Kier alpha value is 1.22. The first-order valence-corrected chi connectivity index (χ1v) is 4.49. The molecule has 0 atom stereocenters. The fraction of sp³-hybridized carbons (Fsp3) is 0.364. The van der Waals surface area contributed by atoms with E-state index in [1.54, 1.807) is 19.1 Å². The largest absolute Gasteiger partial charge is 0.559 e. The Bertz CT molecular complexity index is 299. The van der Waals surface area contributed by atoms with E-state index in [-0.39, 0.29) is 94.3 Å². The van der Waals surface area contributed by atoms with E-state index >= 15 is 0 Å². The van der Waals surface area contributed by atoms with Crippen molar-refractivity contribution < 1.29 is 97.2 Å². The predicted molar refractivity (Wildman–Crippen MR) is 50.7 cm³/mol. The number of aromatic hydroxyl groups is 1. The second-order valence-electron chi connectivity index (χ2n) is 2.81. The summed E-state index contributed by atoms with van der Waals surface area (Å²) in [5, 5.41) is 8.92. The number of phenolic OH excluding ortho intramolecular Hbond substituents is 1. The predicted octanol–water partition coefficient (Wildman–Crippen LogP) is 1.49. The third-order valence-electron chi connectivity index (χ3n) is 1.71. The van der Waals surface area contributed by atoms with Gasteiger partial charge in [0.15, 0.2) is 0 Å². The summed E-state index contributed by atoms with van der Waals surface area (Å²) >= 11 is 0. The number of aryl methyl sites for hydroxylation is 1. The molecule has 0 aromatic heterocycles. The number of carbonyl (C=O) groups is 1. The second kappa shape index (κ2) is 11.3. The van der Waals surface area contributed by atoms with Gasteiger partial charge in [-0.2, -0.15) is 0 Å². The first-order chi connectivity index (χ1) is 6.72. The van der Waals surface area contributed by atoms with E-state index in [1.165, 1.54) is 0 Å². The molecular weight excluding hydrogens is 462 g/mol. The zero-order valence-corrected chi connectivity index (χ0v) is 16.6. The topological polar surface area (TPSA) is 46.5 Å². The van der Waals surface area contributed by atoms with Crippen LogP contribution in [0.2, 0.25) is 0 Å². The normalized spacial score (nSPS) is 8.56. The Kier molecular flexibility index (Phi) is 13.8. The van der Waals surface area contributed by atoms with Crippen LogP contribution >= 0.6 is 0 Å². The van der Waals surface area contributed by atoms with Gasteiger partial charge in [-0.1, -0.05) is 0 Å². The van der Waals surface area contributed by atoms with Gasteiger partial charge in [0.2, 0.25) is 0 Å². The summed E-state index contributed by atoms with van der Waals surface area (Å²) in [5.41, 5.74) is 0.913. The minimum absolute atomic E-state index is 0. The van der Waals surface area contributed by atoms with Crippen LogP contribution in [0, 0.1) is 94.7 Å². The van der Waals surface area contributed by atoms with Crippen LogP contribution in [0.25, 0.3) is 0 Å². The molecule has 0 heterocycles. The molecule has 0 fully saturated rings. The molecule has 1 aromatic carbocycles. The minimum Gasteiger partial charge on any atom is -0.559 e. The van der Waals surface area contributed by atoms with Crippen LogP contribution in [0.3, 0.4) is 0 Å². The van der Waals surface area contributed by atoms with Crippen molar-refractivity contribution in [2.45, 2.75) is 19.8 Å². The summed E-state index contributed by atoms with van der Waals surface area (Å²) in [6.45, 7) is 2.19. The van der Waals surface area contributed by atoms with Gasteiger partial charge in [0.05, 0.1) is 6.61 Å². The van der Waals surface area contributed by atoms with E-state index in [4.69, 9.17) is 9.84 Å². The maximum Gasteiger partial charge on any atom is 0.304 e. The minimum atomic E-state index is -0.208. The van der Waals surface area contributed by atoms with Crippen LogP contribution < -0.4 is 0 Å². The van der Waals surface area contributed by atoms with E-state index < -0.39 is 0 Å². The first kappa shape index (κ1) is 19.6. The zero-order valence-electron chi connectivity index (χ0n) is 9.19. The number of ether oxygens (including phenoxy) is 1. The third-order valence-corrected chi connectivity index (χ3v) is 1.71. The fourth-order valence-electron chi connectivity index (χ4n) is 1.03. The molecule has 0 aliphatic rings. The number of phenols is 1. The van der Waals surface area contributed by atoms with Crippen molar-refractivity contribution in [2.24, 2.45) is 0 Å². The molecule has 82 valence electrons. The van der Waals surface area contributed by atoms with Gasteiger partial charge in [0.25, 0.3) is 0 Å². The Labute approximate surface area is 162 Å². The molecule has 0 amide bonds. The molecule has 2 radical (unpaired) electrons. The molecule has 0 saturated heterocycles. The number of benzene rings is 1. The smallest absolute Gasteiger partial charge is 0.304 e. The van der Waals surface area contributed by atoms with Crippen LogP contribution in [0.4, 0.5) is 0 Å². The van der Waals surface area contributed by atoms with Crippen molar-refractivity contribution in [3.05, 3.63) is 29.8 Å². The zero-order chi connectivity index (χ0) is 10.4. The van der Waals surface area contributed by atoms with Crippen molar-refractivity contribution in [3.8, 4) is 5.75 Å². The molecule has 5 heteroatoms. The number of esters is 1. The van der Waals surface area contributed by atoms with Crippen molar-refractivity contribution >= 4 is 5.97 Å². The molecule has 0 saturated carbocycles. The van der Waals surface area contributed by atoms with Gasteiger partial charge in [-0.25, -0.2) is 0 Å². The standard InChI is InChI=1S/C11H12O3.2Pr/c1-2-14-11(13)8-5-9-3-6-10(12)7-4-9;;/h3-4,12H,2,5,8H2,1H3;;/q-2;;. The van der Waals surface area contributed by atoms with Gasteiger partial charge in [0, 0.05) is 89.0 Å². The molecule has 0 aliphatic carbocycles. The van der Waals surface area contributed by atoms with Gasteiger partial charge >= 0.3 is 5.97 Å².